The highest BCUT2D eigenvalue weighted by molar-refractivity contribution is 6.06. The Morgan fingerprint density at radius 1 is 0.868 bits per heavy atom. The second kappa shape index (κ2) is 12.0. The fraction of sp³-hybridized carbons (Fsp3) is 0.125. The molecule has 0 aliphatic carbocycles. The summed E-state index contributed by atoms with van der Waals surface area (Å²) in [6.07, 6.45) is 2.57. The van der Waals surface area contributed by atoms with Crippen molar-refractivity contribution in [3.63, 3.8) is 0 Å². The molecule has 38 heavy (non-hydrogen) atoms. The lowest BCUT2D eigenvalue weighted by molar-refractivity contribution is -0.134. The average molecular weight is 510 g/mol. The van der Waals surface area contributed by atoms with Gasteiger partial charge in [-0.1, -0.05) is 54.6 Å². The molecule has 0 saturated heterocycles. The molecule has 0 radical (unpaired) electrons. The molecule has 0 spiro atoms. The molecule has 1 amide bonds. The predicted octanol–water partition coefficient (Wildman–Crippen LogP) is 6.59. The number of benzene rings is 4. The Morgan fingerprint density at radius 2 is 1.50 bits per heavy atom. The van der Waals surface area contributed by atoms with Crippen LogP contribution in [0.4, 0.5) is 15.8 Å². The number of methoxy groups -OCH3 is 1. The zero-order valence-electron chi connectivity index (χ0n) is 22.5. The summed E-state index contributed by atoms with van der Waals surface area (Å²) in [5, 5.41) is 0. The van der Waals surface area contributed by atoms with E-state index in [4.69, 9.17) is 1.37 Å². The van der Waals surface area contributed by atoms with Crippen molar-refractivity contribution in [3.8, 4) is 11.1 Å². The summed E-state index contributed by atoms with van der Waals surface area (Å²) in [7, 11) is 5.22. The van der Waals surface area contributed by atoms with E-state index in [1.54, 1.807) is 48.5 Å². The van der Waals surface area contributed by atoms with E-state index in [1.807, 2.05) is 55.4 Å². The van der Waals surface area contributed by atoms with E-state index < -0.39 is 24.2 Å². The summed E-state index contributed by atoms with van der Waals surface area (Å²) in [4.78, 5) is 28.5. The van der Waals surface area contributed by atoms with Gasteiger partial charge in [0, 0.05) is 37.1 Å². The maximum Gasteiger partial charge on any atom is 0.330 e. The minimum atomic E-state index is -1.16. The van der Waals surface area contributed by atoms with Crippen molar-refractivity contribution in [2.45, 2.75) is 6.52 Å². The number of carbonyl (C=O) groups excluding carboxylic acids is 2. The summed E-state index contributed by atoms with van der Waals surface area (Å²) in [6, 6.07) is 28.1. The van der Waals surface area contributed by atoms with Gasteiger partial charge in [0.15, 0.2) is 0 Å². The standard InChI is InChI=1S/C32H29FN2O3/c1-34(2)29-16-14-26(15-17-29)25-12-9-23(10-13-25)22-35(32(37)27-7-5-4-6-8-27)30-20-24(19-28(33)21-30)11-18-31(36)38-3/h4-21H,22H2,1-3H3/b18-11+/i22D. The third-order valence-corrected chi connectivity index (χ3v) is 5.94. The third-order valence-electron chi connectivity index (χ3n) is 5.94. The summed E-state index contributed by atoms with van der Waals surface area (Å²) in [5.41, 5.74) is 4.55. The first kappa shape index (κ1) is 25.0. The topological polar surface area (TPSA) is 49.9 Å². The van der Waals surface area contributed by atoms with Gasteiger partial charge >= 0.3 is 5.97 Å². The zero-order valence-corrected chi connectivity index (χ0v) is 21.5. The number of hydrogen-bond acceptors (Lipinski definition) is 4. The van der Waals surface area contributed by atoms with Crippen LogP contribution in [0.2, 0.25) is 0 Å². The Balaban J connectivity index is 1.71. The highest BCUT2D eigenvalue weighted by Crippen LogP contribution is 2.26. The number of anilines is 2. The number of esters is 1. The predicted molar refractivity (Wildman–Crippen MR) is 151 cm³/mol. The van der Waals surface area contributed by atoms with Crippen LogP contribution in [0.5, 0.6) is 0 Å². The average Bonchev–Trinajstić information content (AvgIpc) is 2.96. The van der Waals surface area contributed by atoms with Gasteiger partial charge in [0.2, 0.25) is 0 Å². The largest absolute Gasteiger partial charge is 0.466 e. The summed E-state index contributed by atoms with van der Waals surface area (Å²) in [6.45, 7) is -1.16. The quantitative estimate of drug-likeness (QED) is 0.199. The maximum absolute atomic E-state index is 14.7. The van der Waals surface area contributed by atoms with Crippen LogP contribution in [0.1, 0.15) is 22.9 Å². The van der Waals surface area contributed by atoms with Crippen LogP contribution < -0.4 is 9.80 Å². The Bertz CT molecular complexity index is 1470. The van der Waals surface area contributed by atoms with Gasteiger partial charge in [-0.25, -0.2) is 9.18 Å². The molecule has 0 N–H and O–H groups in total. The Labute approximate surface area is 223 Å². The van der Waals surface area contributed by atoms with Crippen molar-refractivity contribution in [1.29, 1.82) is 0 Å². The van der Waals surface area contributed by atoms with Gasteiger partial charge in [-0.15, -0.1) is 0 Å². The molecular formula is C32H29FN2O3. The fourth-order valence-electron chi connectivity index (χ4n) is 3.90. The molecule has 0 aliphatic heterocycles. The smallest absolute Gasteiger partial charge is 0.330 e. The van der Waals surface area contributed by atoms with Crippen molar-refractivity contribution >= 4 is 29.3 Å². The van der Waals surface area contributed by atoms with E-state index in [0.29, 0.717) is 16.7 Å². The lowest BCUT2D eigenvalue weighted by atomic mass is 10.0. The van der Waals surface area contributed by atoms with Crippen molar-refractivity contribution in [2.75, 3.05) is 31.0 Å². The molecule has 4 aromatic rings. The molecule has 192 valence electrons. The maximum atomic E-state index is 14.7. The van der Waals surface area contributed by atoms with Gasteiger partial charge in [-0.3, -0.25) is 4.79 Å². The summed E-state index contributed by atoms with van der Waals surface area (Å²) < 4.78 is 28.4. The second-order valence-electron chi connectivity index (χ2n) is 8.83. The monoisotopic (exact) mass is 509 g/mol. The van der Waals surface area contributed by atoms with E-state index >= 15 is 0 Å². The molecule has 5 nitrogen and oxygen atoms in total. The molecule has 6 heteroatoms. The first-order chi connectivity index (χ1) is 18.8. The first-order valence-corrected chi connectivity index (χ1v) is 12.0. The van der Waals surface area contributed by atoms with Crippen LogP contribution in [-0.4, -0.2) is 33.1 Å². The minimum absolute atomic E-state index is 0.191. The van der Waals surface area contributed by atoms with Crippen LogP contribution >= 0.6 is 0 Å². The highest BCUT2D eigenvalue weighted by Gasteiger charge is 2.19. The first-order valence-electron chi connectivity index (χ1n) is 12.6. The van der Waals surface area contributed by atoms with Gasteiger partial charge in [0.1, 0.15) is 5.82 Å². The molecule has 4 aromatic carbocycles. The molecule has 1 unspecified atom stereocenters. The number of nitrogens with zero attached hydrogens (tertiary/aromatic N) is 2. The van der Waals surface area contributed by atoms with Gasteiger partial charge in [0.25, 0.3) is 5.91 Å². The van der Waals surface area contributed by atoms with Crippen molar-refractivity contribution < 1.29 is 20.1 Å². The molecule has 1 atom stereocenters. The van der Waals surface area contributed by atoms with Crippen molar-refractivity contribution in [1.82, 2.24) is 0 Å². The van der Waals surface area contributed by atoms with Gasteiger partial charge in [0.05, 0.1) is 15.0 Å². The molecule has 0 aromatic heterocycles. The number of ether oxygens (including phenoxy) is 1. The summed E-state index contributed by atoms with van der Waals surface area (Å²) in [5.74, 6) is -1.65. The molecule has 0 saturated carbocycles. The number of amides is 1. The van der Waals surface area contributed by atoms with Crippen LogP contribution in [0.25, 0.3) is 17.2 Å². The SMILES string of the molecule is [2H]C(c1ccc(-c2ccc(N(C)C)cc2)cc1)N(C(=O)c1ccccc1)c1cc(F)cc(/C=C/C(=O)OC)c1. The number of hydrogen-bond donors (Lipinski definition) is 0. The van der Waals surface area contributed by atoms with Crippen LogP contribution in [0.15, 0.2) is 103 Å². The Morgan fingerprint density at radius 3 is 2.11 bits per heavy atom. The highest BCUT2D eigenvalue weighted by atomic mass is 19.1. The Kier molecular flexibility index (Phi) is 7.89. The molecule has 0 bridgehead atoms. The molecule has 0 fully saturated rings. The van der Waals surface area contributed by atoms with Crippen molar-refractivity contribution in [3.05, 3.63) is 126 Å². The van der Waals surface area contributed by atoms with E-state index in [9.17, 15) is 14.0 Å². The van der Waals surface area contributed by atoms with Gasteiger partial charge < -0.3 is 14.5 Å². The normalized spacial score (nSPS) is 12.1. The van der Waals surface area contributed by atoms with Gasteiger partial charge in [-0.05, 0) is 70.8 Å². The number of rotatable bonds is 8. The number of halogens is 1. The summed E-state index contributed by atoms with van der Waals surface area (Å²) >= 11 is 0. The van der Waals surface area contributed by atoms with E-state index in [0.717, 1.165) is 16.8 Å². The van der Waals surface area contributed by atoms with Gasteiger partial charge in [-0.2, -0.15) is 0 Å². The van der Waals surface area contributed by atoms with E-state index in [2.05, 4.69) is 4.74 Å². The van der Waals surface area contributed by atoms with Crippen LogP contribution in [0.3, 0.4) is 0 Å². The van der Waals surface area contributed by atoms with Crippen molar-refractivity contribution in [2.24, 2.45) is 0 Å². The lowest BCUT2D eigenvalue weighted by Gasteiger charge is -2.24. The zero-order chi connectivity index (χ0) is 27.9. The molecule has 0 aliphatic rings. The third kappa shape index (κ3) is 6.53. The minimum Gasteiger partial charge on any atom is -0.466 e. The fourth-order valence-corrected chi connectivity index (χ4v) is 3.90. The van der Waals surface area contributed by atoms with E-state index in [-0.39, 0.29) is 5.69 Å². The molecular weight excluding hydrogens is 479 g/mol. The molecule has 0 heterocycles. The second-order valence-corrected chi connectivity index (χ2v) is 8.83. The van der Waals surface area contributed by atoms with E-state index in [1.165, 1.54) is 36.3 Å². The van der Waals surface area contributed by atoms with Crippen LogP contribution in [-0.2, 0) is 16.1 Å². The van der Waals surface area contributed by atoms with Crippen LogP contribution in [0, 0.1) is 5.82 Å². The Hall–Kier alpha value is -4.71. The lowest BCUT2D eigenvalue weighted by Crippen LogP contribution is -2.30. The number of carbonyl (C=O) groups is 2. The molecule has 4 rings (SSSR count).